The van der Waals surface area contributed by atoms with Gasteiger partial charge < -0.3 is 10.1 Å². The van der Waals surface area contributed by atoms with Crippen molar-refractivity contribution in [3.8, 4) is 0 Å². The highest BCUT2D eigenvalue weighted by molar-refractivity contribution is 9.10. The van der Waals surface area contributed by atoms with E-state index in [-0.39, 0.29) is 11.4 Å². The zero-order valence-electron chi connectivity index (χ0n) is 10.1. The summed E-state index contributed by atoms with van der Waals surface area (Å²) in [6.45, 7) is 3.34. The number of ether oxygens (including phenoxy) is 1. The number of halogens is 2. The molecule has 1 fully saturated rings. The number of nitrogens with one attached hydrogen (secondary N) is 1. The van der Waals surface area contributed by atoms with Crippen LogP contribution in [0, 0.1) is 0 Å². The van der Waals surface area contributed by atoms with Crippen molar-refractivity contribution in [3.63, 3.8) is 0 Å². The highest BCUT2D eigenvalue weighted by atomic mass is 79.9. The highest BCUT2D eigenvalue weighted by Crippen LogP contribution is 2.24. The van der Waals surface area contributed by atoms with Gasteiger partial charge in [-0.05, 0) is 53.9 Å². The van der Waals surface area contributed by atoms with Crippen LogP contribution < -0.4 is 5.32 Å². The standard InChI is InChI=1S/C13H15BrClNO2/c1-13(5-2-6-18-8-13)16-12(17)10-4-3-9(15)7-11(10)14/h3-4,7H,2,5-6,8H2,1H3,(H,16,17). The van der Waals surface area contributed by atoms with Crippen LogP contribution in [0.25, 0.3) is 0 Å². The molecule has 1 aromatic rings. The van der Waals surface area contributed by atoms with Crippen molar-refractivity contribution in [2.75, 3.05) is 13.2 Å². The second-order valence-electron chi connectivity index (χ2n) is 4.80. The van der Waals surface area contributed by atoms with Gasteiger partial charge in [0.15, 0.2) is 0 Å². The highest BCUT2D eigenvalue weighted by Gasteiger charge is 2.30. The van der Waals surface area contributed by atoms with Gasteiger partial charge in [-0.2, -0.15) is 0 Å². The minimum atomic E-state index is -0.283. The second kappa shape index (κ2) is 5.59. The number of hydrogen-bond donors (Lipinski definition) is 1. The minimum Gasteiger partial charge on any atom is -0.379 e. The Morgan fingerprint density at radius 3 is 2.94 bits per heavy atom. The third-order valence-corrected chi connectivity index (χ3v) is 3.92. The summed E-state index contributed by atoms with van der Waals surface area (Å²) in [4.78, 5) is 12.2. The maximum atomic E-state index is 12.2. The molecule has 0 aromatic heterocycles. The molecule has 2 rings (SSSR count). The zero-order chi connectivity index (χ0) is 13.2. The summed E-state index contributed by atoms with van der Waals surface area (Å²) in [5.41, 5.74) is 0.306. The van der Waals surface area contributed by atoms with E-state index >= 15 is 0 Å². The van der Waals surface area contributed by atoms with E-state index in [1.54, 1.807) is 18.2 Å². The smallest absolute Gasteiger partial charge is 0.252 e. The van der Waals surface area contributed by atoms with E-state index in [2.05, 4.69) is 21.2 Å². The lowest BCUT2D eigenvalue weighted by molar-refractivity contribution is 0.0272. The molecule has 0 radical (unpaired) electrons. The first-order chi connectivity index (χ1) is 8.50. The Labute approximate surface area is 120 Å². The zero-order valence-corrected chi connectivity index (χ0v) is 12.5. The third kappa shape index (κ3) is 3.25. The Hall–Kier alpha value is -0.580. The predicted molar refractivity (Wildman–Crippen MR) is 75.1 cm³/mol. The van der Waals surface area contributed by atoms with E-state index < -0.39 is 0 Å². The van der Waals surface area contributed by atoms with E-state index in [9.17, 15) is 4.79 Å². The Balaban J connectivity index is 2.11. The monoisotopic (exact) mass is 331 g/mol. The van der Waals surface area contributed by atoms with Crippen LogP contribution in [-0.4, -0.2) is 24.7 Å². The molecule has 18 heavy (non-hydrogen) atoms. The van der Waals surface area contributed by atoms with E-state index in [0.717, 1.165) is 19.4 Å². The topological polar surface area (TPSA) is 38.3 Å². The van der Waals surface area contributed by atoms with Crippen LogP contribution >= 0.6 is 27.5 Å². The van der Waals surface area contributed by atoms with Gasteiger partial charge in [-0.3, -0.25) is 4.79 Å². The summed E-state index contributed by atoms with van der Waals surface area (Å²) in [5.74, 6) is -0.105. The fraction of sp³-hybridized carbons (Fsp3) is 0.462. The Morgan fingerprint density at radius 2 is 2.33 bits per heavy atom. The molecule has 5 heteroatoms. The van der Waals surface area contributed by atoms with Gasteiger partial charge in [0.2, 0.25) is 0 Å². The van der Waals surface area contributed by atoms with Crippen molar-refractivity contribution >= 4 is 33.4 Å². The first-order valence-corrected chi connectivity index (χ1v) is 7.03. The molecule has 1 aliphatic heterocycles. The van der Waals surface area contributed by atoms with Crippen molar-refractivity contribution < 1.29 is 9.53 Å². The first kappa shape index (κ1) is 13.8. The Bertz CT molecular complexity index is 458. The molecule has 0 bridgehead atoms. The maximum absolute atomic E-state index is 12.2. The number of hydrogen-bond acceptors (Lipinski definition) is 2. The van der Waals surface area contributed by atoms with Crippen molar-refractivity contribution in [2.24, 2.45) is 0 Å². The van der Waals surface area contributed by atoms with Crippen LogP contribution in [0.2, 0.25) is 5.02 Å². The molecule has 1 amide bonds. The SMILES string of the molecule is CC1(NC(=O)c2ccc(Cl)cc2Br)CCCOC1. The summed E-state index contributed by atoms with van der Waals surface area (Å²) in [5, 5.41) is 3.64. The van der Waals surface area contributed by atoms with Crippen LogP contribution in [0.3, 0.4) is 0 Å². The Morgan fingerprint density at radius 1 is 1.56 bits per heavy atom. The van der Waals surface area contributed by atoms with Gasteiger partial charge in [0, 0.05) is 16.1 Å². The molecule has 3 nitrogen and oxygen atoms in total. The molecule has 1 unspecified atom stereocenters. The quantitative estimate of drug-likeness (QED) is 0.901. The van der Waals surface area contributed by atoms with Crippen LogP contribution in [0.1, 0.15) is 30.1 Å². The van der Waals surface area contributed by atoms with Gasteiger partial charge >= 0.3 is 0 Å². The van der Waals surface area contributed by atoms with Gasteiger partial charge in [-0.25, -0.2) is 0 Å². The molecule has 1 heterocycles. The number of carbonyl (C=O) groups excluding carboxylic acids is 1. The molecular weight excluding hydrogens is 318 g/mol. The average Bonchev–Trinajstić information content (AvgIpc) is 2.28. The molecule has 1 aromatic carbocycles. The summed E-state index contributed by atoms with van der Waals surface area (Å²) >= 11 is 9.21. The molecule has 0 saturated carbocycles. The number of amides is 1. The number of benzene rings is 1. The van der Waals surface area contributed by atoms with Gasteiger partial charge in [0.25, 0.3) is 5.91 Å². The van der Waals surface area contributed by atoms with Crippen molar-refractivity contribution in [2.45, 2.75) is 25.3 Å². The lowest BCUT2D eigenvalue weighted by atomic mass is 9.94. The van der Waals surface area contributed by atoms with E-state index in [1.807, 2.05) is 6.92 Å². The largest absolute Gasteiger partial charge is 0.379 e. The average molecular weight is 333 g/mol. The van der Waals surface area contributed by atoms with Crippen LogP contribution in [0.4, 0.5) is 0 Å². The van der Waals surface area contributed by atoms with E-state index in [0.29, 0.717) is 21.7 Å². The van der Waals surface area contributed by atoms with Crippen molar-refractivity contribution in [1.82, 2.24) is 5.32 Å². The summed E-state index contributed by atoms with van der Waals surface area (Å²) in [6, 6.07) is 5.14. The van der Waals surface area contributed by atoms with E-state index in [4.69, 9.17) is 16.3 Å². The molecule has 1 atom stereocenters. The predicted octanol–water partition coefficient (Wildman–Crippen LogP) is 3.40. The van der Waals surface area contributed by atoms with Gasteiger partial charge in [-0.1, -0.05) is 11.6 Å². The van der Waals surface area contributed by atoms with Gasteiger partial charge in [-0.15, -0.1) is 0 Å². The normalized spacial score (nSPS) is 23.7. The van der Waals surface area contributed by atoms with Crippen molar-refractivity contribution in [3.05, 3.63) is 33.3 Å². The summed E-state index contributed by atoms with van der Waals surface area (Å²) in [7, 11) is 0. The summed E-state index contributed by atoms with van der Waals surface area (Å²) < 4.78 is 6.13. The van der Waals surface area contributed by atoms with Crippen LogP contribution in [-0.2, 0) is 4.74 Å². The summed E-state index contributed by atoms with van der Waals surface area (Å²) in [6.07, 6.45) is 1.91. The van der Waals surface area contributed by atoms with E-state index in [1.165, 1.54) is 0 Å². The minimum absolute atomic E-state index is 0.105. The van der Waals surface area contributed by atoms with Gasteiger partial charge in [0.05, 0.1) is 17.7 Å². The maximum Gasteiger partial charge on any atom is 0.252 e. The fourth-order valence-corrected chi connectivity index (χ4v) is 2.91. The van der Waals surface area contributed by atoms with Crippen LogP contribution in [0.15, 0.2) is 22.7 Å². The Kier molecular flexibility index (Phi) is 4.30. The lowest BCUT2D eigenvalue weighted by Crippen LogP contribution is -2.51. The molecule has 98 valence electrons. The lowest BCUT2D eigenvalue weighted by Gasteiger charge is -2.34. The molecule has 0 spiro atoms. The third-order valence-electron chi connectivity index (χ3n) is 3.03. The van der Waals surface area contributed by atoms with Gasteiger partial charge in [0.1, 0.15) is 0 Å². The van der Waals surface area contributed by atoms with Crippen molar-refractivity contribution in [1.29, 1.82) is 0 Å². The fourth-order valence-electron chi connectivity index (χ4n) is 2.05. The molecule has 0 aliphatic carbocycles. The second-order valence-corrected chi connectivity index (χ2v) is 6.09. The number of carbonyl (C=O) groups is 1. The molecular formula is C13H15BrClNO2. The number of rotatable bonds is 2. The molecule has 1 aliphatic rings. The molecule has 1 saturated heterocycles. The molecule has 1 N–H and O–H groups in total. The first-order valence-electron chi connectivity index (χ1n) is 5.85. The van der Waals surface area contributed by atoms with Crippen LogP contribution in [0.5, 0.6) is 0 Å².